The highest BCUT2D eigenvalue weighted by atomic mass is 14.6. The van der Waals surface area contributed by atoms with Crippen molar-refractivity contribution >= 4 is 0 Å². The zero-order chi connectivity index (χ0) is 9.40. The monoisotopic (exact) mass is 163 g/mol. The average molecular weight is 163 g/mol. The lowest BCUT2D eigenvalue weighted by Gasteiger charge is -2.05. The van der Waals surface area contributed by atoms with Gasteiger partial charge in [-0.1, -0.05) is 37.0 Å². The molecule has 1 heteroatoms. The molecule has 0 aromatic heterocycles. The summed E-state index contributed by atoms with van der Waals surface area (Å²) in [6.07, 6.45) is 10.3. The van der Waals surface area contributed by atoms with Gasteiger partial charge in [-0.15, -0.1) is 6.58 Å². The van der Waals surface area contributed by atoms with E-state index in [1.165, 1.54) is 5.57 Å². The largest absolute Gasteiger partial charge is 0.324 e. The van der Waals surface area contributed by atoms with Crippen LogP contribution in [0, 0.1) is 0 Å². The summed E-state index contributed by atoms with van der Waals surface area (Å²) in [7, 11) is 0. The molecule has 0 saturated carbocycles. The first-order valence-corrected chi connectivity index (χ1v) is 4.07. The van der Waals surface area contributed by atoms with Crippen LogP contribution < -0.4 is 5.73 Å². The number of rotatable bonds is 5. The van der Waals surface area contributed by atoms with Crippen molar-refractivity contribution in [1.82, 2.24) is 0 Å². The second kappa shape index (κ2) is 6.62. The van der Waals surface area contributed by atoms with E-state index in [4.69, 9.17) is 5.73 Å². The van der Waals surface area contributed by atoms with Crippen LogP contribution in [0.1, 0.15) is 13.3 Å². The van der Waals surface area contributed by atoms with Crippen molar-refractivity contribution in [1.29, 1.82) is 0 Å². The number of hydrogen-bond acceptors (Lipinski definition) is 1. The molecule has 0 aromatic carbocycles. The fraction of sp³-hybridized carbons (Fsp3) is 0.273. The Bertz CT molecular complexity index is 199. The molecule has 0 radical (unpaired) electrons. The van der Waals surface area contributed by atoms with Gasteiger partial charge >= 0.3 is 0 Å². The highest BCUT2D eigenvalue weighted by molar-refractivity contribution is 5.24. The zero-order valence-electron chi connectivity index (χ0n) is 7.66. The van der Waals surface area contributed by atoms with Crippen LogP contribution in [-0.2, 0) is 0 Å². The van der Waals surface area contributed by atoms with E-state index in [1.807, 2.05) is 25.2 Å². The molecule has 0 rings (SSSR count). The number of nitrogens with two attached hydrogens (primary N) is 1. The van der Waals surface area contributed by atoms with Crippen molar-refractivity contribution in [3.05, 3.63) is 49.1 Å². The Balaban J connectivity index is 4.22. The predicted octanol–water partition coefficient (Wildman–Crippen LogP) is 2.58. The molecule has 0 saturated heterocycles. The lowest BCUT2D eigenvalue weighted by Crippen LogP contribution is -2.16. The van der Waals surface area contributed by atoms with Crippen LogP contribution in [0.4, 0.5) is 0 Å². The summed E-state index contributed by atoms with van der Waals surface area (Å²) >= 11 is 0. The third kappa shape index (κ3) is 4.69. The number of allylic oxidation sites excluding steroid dienone is 4. The third-order valence-corrected chi connectivity index (χ3v) is 1.49. The minimum atomic E-state index is 0.0346. The molecule has 1 atom stereocenters. The van der Waals surface area contributed by atoms with Crippen LogP contribution >= 0.6 is 0 Å². The van der Waals surface area contributed by atoms with Gasteiger partial charge in [-0.2, -0.15) is 0 Å². The van der Waals surface area contributed by atoms with Crippen LogP contribution in [0.2, 0.25) is 0 Å². The van der Waals surface area contributed by atoms with Gasteiger partial charge in [0.25, 0.3) is 0 Å². The van der Waals surface area contributed by atoms with Gasteiger partial charge in [-0.05, 0) is 18.9 Å². The van der Waals surface area contributed by atoms with Gasteiger partial charge in [0.05, 0.1) is 0 Å². The molecule has 0 amide bonds. The van der Waals surface area contributed by atoms with E-state index in [0.717, 1.165) is 6.42 Å². The van der Waals surface area contributed by atoms with Gasteiger partial charge in [0.2, 0.25) is 0 Å². The molecule has 0 aromatic rings. The van der Waals surface area contributed by atoms with Gasteiger partial charge in [0.1, 0.15) is 0 Å². The van der Waals surface area contributed by atoms with E-state index in [9.17, 15) is 0 Å². The van der Waals surface area contributed by atoms with Gasteiger partial charge in [-0.25, -0.2) is 0 Å². The molecule has 0 heterocycles. The predicted molar refractivity (Wildman–Crippen MR) is 55.9 cm³/mol. The molecule has 1 unspecified atom stereocenters. The van der Waals surface area contributed by atoms with Crippen LogP contribution in [0.3, 0.4) is 0 Å². The first-order chi connectivity index (χ1) is 5.74. The van der Waals surface area contributed by atoms with E-state index in [-0.39, 0.29) is 6.04 Å². The van der Waals surface area contributed by atoms with Gasteiger partial charge in [0, 0.05) is 6.04 Å². The van der Waals surface area contributed by atoms with E-state index in [1.54, 1.807) is 12.2 Å². The normalized spacial score (nSPS) is 14.7. The second-order valence-electron chi connectivity index (χ2n) is 2.58. The molecule has 0 aliphatic carbocycles. The Morgan fingerprint density at radius 1 is 1.50 bits per heavy atom. The smallest absolute Gasteiger partial charge is 0.0262 e. The third-order valence-electron chi connectivity index (χ3n) is 1.49. The topological polar surface area (TPSA) is 26.0 Å². The highest BCUT2D eigenvalue weighted by Gasteiger charge is 1.97. The van der Waals surface area contributed by atoms with Crippen molar-refractivity contribution in [3.63, 3.8) is 0 Å². The lowest BCUT2D eigenvalue weighted by atomic mass is 10.1. The highest BCUT2D eigenvalue weighted by Crippen LogP contribution is 2.06. The molecular weight excluding hydrogens is 146 g/mol. The molecule has 0 aliphatic rings. The second-order valence-corrected chi connectivity index (χ2v) is 2.58. The van der Waals surface area contributed by atoms with E-state index in [2.05, 4.69) is 13.2 Å². The summed E-state index contributed by atoms with van der Waals surface area (Å²) in [5, 5.41) is 0. The molecular formula is C11H17N. The van der Waals surface area contributed by atoms with Crippen molar-refractivity contribution in [2.45, 2.75) is 19.4 Å². The van der Waals surface area contributed by atoms with Crippen molar-refractivity contribution in [3.8, 4) is 0 Å². The van der Waals surface area contributed by atoms with Crippen LogP contribution in [0.5, 0.6) is 0 Å². The molecule has 0 fully saturated rings. The maximum atomic E-state index is 5.71. The maximum Gasteiger partial charge on any atom is 0.0262 e. The van der Waals surface area contributed by atoms with Crippen LogP contribution in [0.25, 0.3) is 0 Å². The van der Waals surface area contributed by atoms with Crippen LogP contribution in [-0.4, -0.2) is 6.04 Å². The minimum absolute atomic E-state index is 0.0346. The molecule has 2 N–H and O–H groups in total. The van der Waals surface area contributed by atoms with Crippen molar-refractivity contribution < 1.29 is 0 Å². The summed E-state index contributed by atoms with van der Waals surface area (Å²) in [5.41, 5.74) is 6.89. The molecule has 0 aliphatic heterocycles. The van der Waals surface area contributed by atoms with E-state index >= 15 is 0 Å². The molecule has 0 bridgehead atoms. The minimum Gasteiger partial charge on any atom is -0.324 e. The average Bonchev–Trinajstić information content (AvgIpc) is 2.05. The molecule has 0 spiro atoms. The fourth-order valence-electron chi connectivity index (χ4n) is 0.913. The molecule has 12 heavy (non-hydrogen) atoms. The SMILES string of the molecule is C=C/C=C(\C=C/C)CC(N)C=C. The summed E-state index contributed by atoms with van der Waals surface area (Å²) in [6.45, 7) is 9.25. The molecule has 66 valence electrons. The Morgan fingerprint density at radius 3 is 2.58 bits per heavy atom. The van der Waals surface area contributed by atoms with Gasteiger partial charge in [-0.3, -0.25) is 0 Å². The van der Waals surface area contributed by atoms with Crippen molar-refractivity contribution in [2.75, 3.05) is 0 Å². The number of hydrogen-bond donors (Lipinski definition) is 1. The standard InChI is InChI=1S/C11H17N/c1-4-7-10(8-5-2)9-11(12)6-3/h4-8,11H,1,3,9,12H2,2H3/b8-5-,10-7+. The van der Waals surface area contributed by atoms with Gasteiger partial charge in [0.15, 0.2) is 0 Å². The summed E-state index contributed by atoms with van der Waals surface area (Å²) in [5.74, 6) is 0. The molecule has 1 nitrogen and oxygen atoms in total. The first kappa shape index (κ1) is 10.9. The zero-order valence-corrected chi connectivity index (χ0v) is 7.66. The lowest BCUT2D eigenvalue weighted by molar-refractivity contribution is 0.815. The van der Waals surface area contributed by atoms with Crippen LogP contribution in [0.15, 0.2) is 49.1 Å². The Kier molecular flexibility index (Phi) is 6.02. The maximum absolute atomic E-state index is 5.71. The Labute approximate surface area is 75.0 Å². The Morgan fingerprint density at radius 2 is 2.17 bits per heavy atom. The van der Waals surface area contributed by atoms with E-state index in [0.29, 0.717) is 0 Å². The summed E-state index contributed by atoms with van der Waals surface area (Å²) in [4.78, 5) is 0. The fourth-order valence-corrected chi connectivity index (χ4v) is 0.913. The van der Waals surface area contributed by atoms with Crippen molar-refractivity contribution in [2.24, 2.45) is 5.73 Å². The Hall–Kier alpha value is -1.08. The summed E-state index contributed by atoms with van der Waals surface area (Å²) < 4.78 is 0. The van der Waals surface area contributed by atoms with E-state index < -0.39 is 0 Å². The summed E-state index contributed by atoms with van der Waals surface area (Å²) in [6, 6.07) is 0.0346. The van der Waals surface area contributed by atoms with Gasteiger partial charge < -0.3 is 5.73 Å². The quantitative estimate of drug-likeness (QED) is 0.489. The first-order valence-electron chi connectivity index (χ1n) is 4.07.